The van der Waals surface area contributed by atoms with E-state index in [-0.39, 0.29) is 23.7 Å². The maximum absolute atomic E-state index is 14.0. The molecule has 2 aromatic rings. The molecule has 0 aliphatic carbocycles. The van der Waals surface area contributed by atoms with E-state index in [1.54, 1.807) is 20.0 Å². The Morgan fingerprint density at radius 3 is 2.59 bits per heavy atom. The fraction of sp³-hybridized carbons (Fsp3) is 0.381. The molecule has 27 heavy (non-hydrogen) atoms. The molecule has 0 heterocycles. The van der Waals surface area contributed by atoms with E-state index in [0.717, 1.165) is 11.1 Å². The van der Waals surface area contributed by atoms with E-state index < -0.39 is 0 Å². The zero-order valence-electron chi connectivity index (χ0n) is 15.7. The number of halogens is 2. The molecule has 0 fully saturated rings. The van der Waals surface area contributed by atoms with Crippen molar-refractivity contribution in [3.05, 3.63) is 58.9 Å². The molecule has 2 unspecified atom stereocenters. The predicted molar refractivity (Wildman–Crippen MR) is 107 cm³/mol. The predicted octanol–water partition coefficient (Wildman–Crippen LogP) is 3.80. The maximum atomic E-state index is 14.0. The lowest BCUT2D eigenvalue weighted by molar-refractivity contribution is -0.148. The third-order valence-electron chi connectivity index (χ3n) is 4.35. The summed E-state index contributed by atoms with van der Waals surface area (Å²) >= 11 is 5.96. The van der Waals surface area contributed by atoms with Gasteiger partial charge >= 0.3 is 5.97 Å². The van der Waals surface area contributed by atoms with E-state index in [1.807, 2.05) is 24.3 Å². The van der Waals surface area contributed by atoms with Gasteiger partial charge in [0.2, 0.25) is 0 Å². The number of ether oxygens (including phenoxy) is 1. The smallest absolute Gasteiger partial charge is 0.310 e. The molecule has 0 amide bonds. The summed E-state index contributed by atoms with van der Waals surface area (Å²) in [4.78, 5) is 12.0. The van der Waals surface area contributed by atoms with Crippen molar-refractivity contribution in [2.75, 3.05) is 20.2 Å². The van der Waals surface area contributed by atoms with Gasteiger partial charge in [-0.1, -0.05) is 35.9 Å². The van der Waals surface area contributed by atoms with Crippen molar-refractivity contribution >= 4 is 17.6 Å². The van der Waals surface area contributed by atoms with Crippen LogP contribution < -0.4 is 11.1 Å². The standard InChI is InChI=1S/C21H26ClFN2O2/c1-3-27-21(26)16(13-25-2)11-18(24)10-14-4-6-15(7-5-14)19-12-17(22)8-9-20(19)23/h4-9,12,16,18,25H,3,10-11,13,24H2,1-2H3. The van der Waals surface area contributed by atoms with Crippen LogP contribution in [0.2, 0.25) is 5.02 Å². The number of carbonyl (C=O) groups is 1. The van der Waals surface area contributed by atoms with Crippen LogP contribution in [0.15, 0.2) is 42.5 Å². The Hall–Kier alpha value is -1.95. The van der Waals surface area contributed by atoms with Crippen LogP contribution in [0.4, 0.5) is 4.39 Å². The Labute approximate surface area is 164 Å². The maximum Gasteiger partial charge on any atom is 0.310 e. The highest BCUT2D eigenvalue weighted by Gasteiger charge is 2.22. The monoisotopic (exact) mass is 392 g/mol. The second kappa shape index (κ2) is 10.4. The van der Waals surface area contributed by atoms with Crippen molar-refractivity contribution in [2.24, 2.45) is 11.7 Å². The van der Waals surface area contributed by atoms with Gasteiger partial charge in [-0.25, -0.2) is 4.39 Å². The quantitative estimate of drug-likeness (QED) is 0.637. The van der Waals surface area contributed by atoms with Crippen molar-refractivity contribution in [1.82, 2.24) is 5.32 Å². The summed E-state index contributed by atoms with van der Waals surface area (Å²) in [6.45, 7) is 2.67. The molecular weight excluding hydrogens is 367 g/mol. The first-order chi connectivity index (χ1) is 12.9. The highest BCUT2D eigenvalue weighted by atomic mass is 35.5. The van der Waals surface area contributed by atoms with Gasteiger partial charge in [0.15, 0.2) is 0 Å². The SMILES string of the molecule is CCOC(=O)C(CNC)CC(N)Cc1ccc(-c2cc(Cl)ccc2F)cc1. The first-order valence-corrected chi connectivity index (χ1v) is 9.43. The third kappa shape index (κ3) is 6.31. The molecular formula is C21H26ClFN2O2. The summed E-state index contributed by atoms with van der Waals surface area (Å²) in [5, 5.41) is 3.50. The number of carbonyl (C=O) groups excluding carboxylic acids is 1. The molecule has 2 rings (SSSR count). The van der Waals surface area contributed by atoms with Crippen molar-refractivity contribution in [1.29, 1.82) is 0 Å². The lowest BCUT2D eigenvalue weighted by atomic mass is 9.94. The highest BCUT2D eigenvalue weighted by Crippen LogP contribution is 2.26. The van der Waals surface area contributed by atoms with Crippen LogP contribution in [0.25, 0.3) is 11.1 Å². The van der Waals surface area contributed by atoms with Crippen molar-refractivity contribution in [3.8, 4) is 11.1 Å². The summed E-state index contributed by atoms with van der Waals surface area (Å²) in [5.41, 5.74) is 8.50. The fourth-order valence-corrected chi connectivity index (χ4v) is 3.23. The Morgan fingerprint density at radius 1 is 1.26 bits per heavy atom. The summed E-state index contributed by atoms with van der Waals surface area (Å²) in [5.74, 6) is -0.813. The van der Waals surface area contributed by atoms with Gasteiger partial charge < -0.3 is 15.8 Å². The van der Waals surface area contributed by atoms with Crippen LogP contribution in [0, 0.1) is 11.7 Å². The molecule has 2 aromatic carbocycles. The summed E-state index contributed by atoms with van der Waals surface area (Å²) < 4.78 is 19.1. The molecule has 0 aliphatic heterocycles. The average molecular weight is 393 g/mol. The number of rotatable bonds is 9. The summed E-state index contributed by atoms with van der Waals surface area (Å²) in [6, 6.07) is 11.9. The van der Waals surface area contributed by atoms with E-state index in [1.165, 1.54) is 12.1 Å². The lowest BCUT2D eigenvalue weighted by Crippen LogP contribution is -2.35. The van der Waals surface area contributed by atoms with Gasteiger partial charge in [0.25, 0.3) is 0 Å². The number of hydrogen-bond acceptors (Lipinski definition) is 4. The molecule has 0 aromatic heterocycles. The number of hydrogen-bond donors (Lipinski definition) is 2. The molecule has 0 bridgehead atoms. The van der Waals surface area contributed by atoms with E-state index in [9.17, 15) is 9.18 Å². The molecule has 0 spiro atoms. The third-order valence-corrected chi connectivity index (χ3v) is 4.58. The lowest BCUT2D eigenvalue weighted by Gasteiger charge is -2.19. The minimum atomic E-state index is -0.312. The van der Waals surface area contributed by atoms with Gasteiger partial charge in [-0.3, -0.25) is 4.79 Å². The number of nitrogens with two attached hydrogens (primary N) is 1. The Bertz CT molecular complexity index is 752. The summed E-state index contributed by atoms with van der Waals surface area (Å²) in [6.07, 6.45) is 1.16. The van der Waals surface area contributed by atoms with Crippen LogP contribution in [-0.4, -0.2) is 32.2 Å². The number of esters is 1. The van der Waals surface area contributed by atoms with Crippen LogP contribution in [0.3, 0.4) is 0 Å². The summed E-state index contributed by atoms with van der Waals surface area (Å²) in [7, 11) is 1.80. The molecule has 3 N–H and O–H groups in total. The zero-order valence-corrected chi connectivity index (χ0v) is 16.4. The van der Waals surface area contributed by atoms with Crippen LogP contribution in [-0.2, 0) is 16.0 Å². The Kier molecular flexibility index (Phi) is 8.23. The minimum Gasteiger partial charge on any atom is -0.466 e. The van der Waals surface area contributed by atoms with Crippen LogP contribution >= 0.6 is 11.6 Å². The largest absolute Gasteiger partial charge is 0.466 e. The van der Waals surface area contributed by atoms with E-state index >= 15 is 0 Å². The van der Waals surface area contributed by atoms with Crippen molar-refractivity contribution < 1.29 is 13.9 Å². The topological polar surface area (TPSA) is 64.3 Å². The normalized spacial score (nSPS) is 13.2. The fourth-order valence-electron chi connectivity index (χ4n) is 3.06. The molecule has 2 atom stereocenters. The van der Waals surface area contributed by atoms with E-state index in [0.29, 0.717) is 36.6 Å². The molecule has 4 nitrogen and oxygen atoms in total. The molecule has 0 saturated heterocycles. The van der Waals surface area contributed by atoms with Gasteiger partial charge in [0.05, 0.1) is 12.5 Å². The number of benzene rings is 2. The average Bonchev–Trinajstić information content (AvgIpc) is 2.64. The zero-order chi connectivity index (χ0) is 19.8. The first-order valence-electron chi connectivity index (χ1n) is 9.05. The number of nitrogens with one attached hydrogen (secondary N) is 1. The second-order valence-corrected chi connectivity index (χ2v) is 6.96. The van der Waals surface area contributed by atoms with Crippen LogP contribution in [0.5, 0.6) is 0 Å². The van der Waals surface area contributed by atoms with Gasteiger partial charge in [-0.2, -0.15) is 0 Å². The van der Waals surface area contributed by atoms with Crippen molar-refractivity contribution in [2.45, 2.75) is 25.8 Å². The molecule has 0 aliphatic rings. The van der Waals surface area contributed by atoms with Gasteiger partial charge in [0.1, 0.15) is 5.82 Å². The minimum absolute atomic E-state index is 0.179. The van der Waals surface area contributed by atoms with E-state index in [4.69, 9.17) is 22.1 Å². The van der Waals surface area contributed by atoms with Crippen molar-refractivity contribution in [3.63, 3.8) is 0 Å². The van der Waals surface area contributed by atoms with Gasteiger partial charge in [-0.05, 0) is 56.1 Å². The van der Waals surface area contributed by atoms with Gasteiger partial charge in [-0.15, -0.1) is 0 Å². The van der Waals surface area contributed by atoms with Crippen LogP contribution in [0.1, 0.15) is 18.9 Å². The van der Waals surface area contributed by atoms with Gasteiger partial charge in [0, 0.05) is 23.2 Å². The highest BCUT2D eigenvalue weighted by molar-refractivity contribution is 6.30. The molecule has 0 saturated carbocycles. The first kappa shape index (κ1) is 21.4. The second-order valence-electron chi connectivity index (χ2n) is 6.53. The Morgan fingerprint density at radius 2 is 1.96 bits per heavy atom. The molecule has 0 radical (unpaired) electrons. The van der Waals surface area contributed by atoms with E-state index in [2.05, 4.69) is 5.32 Å². The molecule has 6 heteroatoms. The Balaban J connectivity index is 2.02. The molecule has 146 valence electrons.